The lowest BCUT2D eigenvalue weighted by Gasteiger charge is -2.18. The van der Waals surface area contributed by atoms with E-state index in [4.69, 9.17) is 0 Å². The summed E-state index contributed by atoms with van der Waals surface area (Å²) in [6.07, 6.45) is 1.81. The molecule has 100 valence electrons. The third-order valence-corrected chi connectivity index (χ3v) is 4.54. The van der Waals surface area contributed by atoms with Crippen molar-refractivity contribution in [1.29, 1.82) is 0 Å². The Balaban J connectivity index is 2.51. The van der Waals surface area contributed by atoms with Gasteiger partial charge in [0.15, 0.2) is 0 Å². The van der Waals surface area contributed by atoms with Crippen molar-refractivity contribution >= 4 is 32.2 Å². The number of carbonyl (C=O) groups is 1. The maximum absolute atomic E-state index is 11.6. The Morgan fingerprint density at radius 2 is 2.18 bits per heavy atom. The number of ether oxygens (including phenoxy) is 1. The SMILES string of the molecule is CCOC(=O)NS(=O)(=O)NC1CCCC1CBr. The normalized spacial score (nSPS) is 24.6. The number of hydrogen-bond donors (Lipinski definition) is 2. The second-order valence-corrected chi connectivity index (χ2v) is 5.99. The van der Waals surface area contributed by atoms with Gasteiger partial charge < -0.3 is 4.74 Å². The number of nitrogens with one attached hydrogen (secondary N) is 2. The first-order valence-corrected chi connectivity index (χ1v) is 8.11. The molecule has 0 heterocycles. The van der Waals surface area contributed by atoms with Gasteiger partial charge in [-0.15, -0.1) is 0 Å². The Morgan fingerprint density at radius 3 is 2.76 bits per heavy atom. The number of amides is 1. The molecule has 0 bridgehead atoms. The molecule has 1 aliphatic rings. The highest BCUT2D eigenvalue weighted by Gasteiger charge is 2.30. The highest BCUT2D eigenvalue weighted by molar-refractivity contribution is 9.09. The molecule has 2 N–H and O–H groups in total. The Morgan fingerprint density at radius 1 is 1.47 bits per heavy atom. The zero-order valence-corrected chi connectivity index (χ0v) is 12.0. The molecule has 0 aromatic heterocycles. The maximum Gasteiger partial charge on any atom is 0.421 e. The van der Waals surface area contributed by atoms with E-state index in [0.717, 1.165) is 24.6 Å². The molecule has 2 atom stereocenters. The molecule has 1 fully saturated rings. The van der Waals surface area contributed by atoms with Crippen LogP contribution in [-0.4, -0.2) is 32.5 Å². The van der Waals surface area contributed by atoms with Crippen LogP contribution in [0, 0.1) is 5.92 Å². The molecule has 0 radical (unpaired) electrons. The first-order valence-electron chi connectivity index (χ1n) is 5.51. The Kier molecular flexibility index (Phi) is 5.68. The van der Waals surface area contributed by atoms with Crippen molar-refractivity contribution in [3.63, 3.8) is 0 Å². The fourth-order valence-corrected chi connectivity index (χ4v) is 3.70. The van der Waals surface area contributed by atoms with E-state index >= 15 is 0 Å². The van der Waals surface area contributed by atoms with Crippen molar-refractivity contribution in [1.82, 2.24) is 9.44 Å². The predicted molar refractivity (Wildman–Crippen MR) is 67.1 cm³/mol. The molecule has 17 heavy (non-hydrogen) atoms. The van der Waals surface area contributed by atoms with Crippen molar-refractivity contribution in [2.24, 2.45) is 5.92 Å². The fourth-order valence-electron chi connectivity index (χ4n) is 1.88. The summed E-state index contributed by atoms with van der Waals surface area (Å²) in [7, 11) is -3.82. The highest BCUT2D eigenvalue weighted by Crippen LogP contribution is 2.27. The molecule has 0 aromatic rings. The van der Waals surface area contributed by atoms with Gasteiger partial charge >= 0.3 is 16.3 Å². The maximum atomic E-state index is 11.6. The van der Waals surface area contributed by atoms with Gasteiger partial charge in [0.05, 0.1) is 6.61 Å². The summed E-state index contributed by atoms with van der Waals surface area (Å²) in [5, 5.41) is 0.750. The molecule has 0 spiro atoms. The Labute approximate surface area is 110 Å². The topological polar surface area (TPSA) is 84.5 Å². The van der Waals surface area contributed by atoms with Gasteiger partial charge in [0, 0.05) is 11.4 Å². The standard InChI is InChI=1S/C9H17BrN2O4S/c1-2-16-9(13)12-17(14,15)11-8-5-3-4-7(8)6-10/h7-8,11H,2-6H2,1H3,(H,12,13). The largest absolute Gasteiger partial charge is 0.449 e. The van der Waals surface area contributed by atoms with E-state index in [1.165, 1.54) is 0 Å². The van der Waals surface area contributed by atoms with Crippen molar-refractivity contribution in [2.45, 2.75) is 32.2 Å². The van der Waals surface area contributed by atoms with E-state index in [-0.39, 0.29) is 18.6 Å². The van der Waals surface area contributed by atoms with Crippen LogP contribution in [-0.2, 0) is 14.9 Å². The molecular formula is C9H17BrN2O4S. The van der Waals surface area contributed by atoms with Crippen molar-refractivity contribution in [3.05, 3.63) is 0 Å². The molecule has 0 aromatic carbocycles. The van der Waals surface area contributed by atoms with Crippen molar-refractivity contribution < 1.29 is 17.9 Å². The van der Waals surface area contributed by atoms with Crippen LogP contribution in [0.15, 0.2) is 0 Å². The van der Waals surface area contributed by atoms with Crippen LogP contribution in [0.3, 0.4) is 0 Å². The third-order valence-electron chi connectivity index (χ3n) is 2.66. The summed E-state index contributed by atoms with van der Waals surface area (Å²) in [5.74, 6) is 0.272. The summed E-state index contributed by atoms with van der Waals surface area (Å²) < 4.78 is 32.0. The van der Waals surface area contributed by atoms with Crippen LogP contribution in [0.2, 0.25) is 0 Å². The van der Waals surface area contributed by atoms with Gasteiger partial charge in [0.25, 0.3) is 0 Å². The first kappa shape index (κ1) is 14.7. The van der Waals surface area contributed by atoms with Crippen LogP contribution in [0.4, 0.5) is 4.79 Å². The number of halogens is 1. The average molecular weight is 329 g/mol. The summed E-state index contributed by atoms with van der Waals surface area (Å²) in [5.41, 5.74) is 0. The minimum Gasteiger partial charge on any atom is -0.449 e. The van der Waals surface area contributed by atoms with E-state index in [0.29, 0.717) is 0 Å². The molecular weight excluding hydrogens is 312 g/mol. The molecule has 1 rings (SSSR count). The third kappa shape index (κ3) is 4.81. The van der Waals surface area contributed by atoms with Crippen LogP contribution >= 0.6 is 15.9 Å². The first-order chi connectivity index (χ1) is 7.98. The minimum atomic E-state index is -3.82. The number of rotatable bonds is 5. The molecule has 0 saturated heterocycles. The van der Waals surface area contributed by atoms with Gasteiger partial charge in [-0.2, -0.15) is 13.1 Å². The van der Waals surface area contributed by atoms with E-state index in [1.807, 2.05) is 4.72 Å². The van der Waals surface area contributed by atoms with E-state index in [9.17, 15) is 13.2 Å². The molecule has 1 saturated carbocycles. The Bertz CT molecular complexity index is 360. The molecule has 1 amide bonds. The fraction of sp³-hybridized carbons (Fsp3) is 0.889. The zero-order valence-electron chi connectivity index (χ0n) is 9.61. The second-order valence-electron chi connectivity index (χ2n) is 3.90. The Hall–Kier alpha value is -0.340. The van der Waals surface area contributed by atoms with E-state index < -0.39 is 16.3 Å². The number of alkyl halides is 1. The van der Waals surface area contributed by atoms with Gasteiger partial charge in [-0.05, 0) is 25.7 Å². The number of carbonyl (C=O) groups excluding carboxylic acids is 1. The summed E-state index contributed by atoms with van der Waals surface area (Å²) in [6.45, 7) is 1.74. The quantitative estimate of drug-likeness (QED) is 0.741. The summed E-state index contributed by atoms with van der Waals surface area (Å²) >= 11 is 3.35. The lowest BCUT2D eigenvalue weighted by molar-refractivity contribution is 0.158. The smallest absolute Gasteiger partial charge is 0.421 e. The van der Waals surface area contributed by atoms with Crippen LogP contribution < -0.4 is 9.44 Å². The van der Waals surface area contributed by atoms with E-state index in [1.54, 1.807) is 6.92 Å². The number of hydrogen-bond acceptors (Lipinski definition) is 4. The van der Waals surface area contributed by atoms with Crippen molar-refractivity contribution in [2.75, 3.05) is 11.9 Å². The molecule has 8 heteroatoms. The van der Waals surface area contributed by atoms with E-state index in [2.05, 4.69) is 25.4 Å². The van der Waals surface area contributed by atoms with Gasteiger partial charge in [-0.1, -0.05) is 22.4 Å². The lowest BCUT2D eigenvalue weighted by atomic mass is 10.1. The summed E-state index contributed by atoms with van der Waals surface area (Å²) in [4.78, 5) is 11.0. The second kappa shape index (κ2) is 6.55. The molecule has 2 unspecified atom stereocenters. The average Bonchev–Trinajstić information content (AvgIpc) is 2.63. The molecule has 6 nitrogen and oxygen atoms in total. The van der Waals surface area contributed by atoms with Crippen LogP contribution in [0.1, 0.15) is 26.2 Å². The monoisotopic (exact) mass is 328 g/mol. The molecule has 1 aliphatic carbocycles. The van der Waals surface area contributed by atoms with Crippen LogP contribution in [0.25, 0.3) is 0 Å². The zero-order chi connectivity index (χ0) is 12.9. The highest BCUT2D eigenvalue weighted by atomic mass is 79.9. The van der Waals surface area contributed by atoms with Gasteiger partial charge in [-0.3, -0.25) is 0 Å². The van der Waals surface area contributed by atoms with Crippen LogP contribution in [0.5, 0.6) is 0 Å². The van der Waals surface area contributed by atoms with Gasteiger partial charge in [-0.25, -0.2) is 9.52 Å². The summed E-state index contributed by atoms with van der Waals surface area (Å²) in [6, 6.07) is -0.124. The van der Waals surface area contributed by atoms with Gasteiger partial charge in [0.2, 0.25) is 0 Å². The molecule has 0 aliphatic heterocycles. The predicted octanol–water partition coefficient (Wildman–Crippen LogP) is 1.13. The lowest BCUT2D eigenvalue weighted by Crippen LogP contribution is -2.46. The minimum absolute atomic E-state index is 0.124. The van der Waals surface area contributed by atoms with Crippen molar-refractivity contribution in [3.8, 4) is 0 Å². The van der Waals surface area contributed by atoms with Gasteiger partial charge in [0.1, 0.15) is 0 Å².